The maximum Gasteiger partial charge on any atom is 0.255 e. The van der Waals surface area contributed by atoms with Crippen molar-refractivity contribution in [2.24, 2.45) is 5.92 Å². The average Bonchev–Trinajstić information content (AvgIpc) is 2.28. The predicted molar refractivity (Wildman–Crippen MR) is 70.1 cm³/mol. The summed E-state index contributed by atoms with van der Waals surface area (Å²) >= 11 is 0. The highest BCUT2D eigenvalue weighted by Crippen LogP contribution is 2.19. The van der Waals surface area contributed by atoms with Crippen molar-refractivity contribution in [1.82, 2.24) is 5.32 Å². The second-order valence-corrected chi connectivity index (χ2v) is 4.97. The van der Waals surface area contributed by atoms with Gasteiger partial charge in [0.15, 0.2) is 5.78 Å². The predicted octanol–water partition coefficient (Wildman–Crippen LogP) is 2.61. The van der Waals surface area contributed by atoms with Gasteiger partial charge in [0.2, 0.25) is 0 Å². The SMILES string of the molecule is Cc1ccc(C(=O)NC2=CC(=O)CC(C)C2)cc1. The molecule has 1 aliphatic rings. The standard InChI is InChI=1S/C15H17NO2/c1-10-3-5-12(6-4-10)15(18)16-13-7-11(2)8-14(17)9-13/h3-6,9,11H,7-8H2,1-2H3,(H,16,18). The van der Waals surface area contributed by atoms with Crippen molar-refractivity contribution in [2.45, 2.75) is 26.7 Å². The maximum atomic E-state index is 12.0. The molecule has 0 aliphatic heterocycles. The summed E-state index contributed by atoms with van der Waals surface area (Å²) in [6.07, 6.45) is 2.87. The Hall–Kier alpha value is -1.90. The normalized spacial score (nSPS) is 19.3. The van der Waals surface area contributed by atoms with Crippen LogP contribution in [0.15, 0.2) is 36.0 Å². The van der Waals surface area contributed by atoms with Gasteiger partial charge in [0.05, 0.1) is 0 Å². The monoisotopic (exact) mass is 243 g/mol. The van der Waals surface area contributed by atoms with Crippen molar-refractivity contribution in [3.63, 3.8) is 0 Å². The Bertz CT molecular complexity index is 500. The molecule has 3 heteroatoms. The van der Waals surface area contributed by atoms with Crippen molar-refractivity contribution in [1.29, 1.82) is 0 Å². The number of aryl methyl sites for hydroxylation is 1. The van der Waals surface area contributed by atoms with Crippen LogP contribution in [0.5, 0.6) is 0 Å². The number of nitrogens with one attached hydrogen (secondary N) is 1. The summed E-state index contributed by atoms with van der Waals surface area (Å²) in [6.45, 7) is 3.99. The fourth-order valence-corrected chi connectivity index (χ4v) is 2.11. The summed E-state index contributed by atoms with van der Waals surface area (Å²) in [7, 11) is 0. The maximum absolute atomic E-state index is 12.0. The van der Waals surface area contributed by atoms with Crippen molar-refractivity contribution < 1.29 is 9.59 Å². The molecular formula is C15H17NO2. The first-order valence-electron chi connectivity index (χ1n) is 6.16. The number of carbonyl (C=O) groups is 2. The Morgan fingerprint density at radius 3 is 2.50 bits per heavy atom. The highest BCUT2D eigenvalue weighted by atomic mass is 16.1. The van der Waals surface area contributed by atoms with Gasteiger partial charge in [0, 0.05) is 23.8 Å². The third kappa shape index (κ3) is 3.06. The Labute approximate surface area is 107 Å². The summed E-state index contributed by atoms with van der Waals surface area (Å²) in [6, 6.07) is 7.38. The van der Waals surface area contributed by atoms with Crippen LogP contribution in [-0.2, 0) is 4.79 Å². The van der Waals surface area contributed by atoms with Crippen LogP contribution in [0.2, 0.25) is 0 Å². The van der Waals surface area contributed by atoms with E-state index < -0.39 is 0 Å². The zero-order chi connectivity index (χ0) is 13.1. The molecule has 0 spiro atoms. The van der Waals surface area contributed by atoms with Gasteiger partial charge >= 0.3 is 0 Å². The molecule has 3 nitrogen and oxygen atoms in total. The van der Waals surface area contributed by atoms with Crippen molar-refractivity contribution in [3.05, 3.63) is 47.2 Å². The van der Waals surface area contributed by atoms with E-state index in [0.29, 0.717) is 17.9 Å². The molecule has 2 rings (SSSR count). The average molecular weight is 243 g/mol. The van der Waals surface area contributed by atoms with E-state index in [2.05, 4.69) is 5.32 Å². The molecular weight excluding hydrogens is 226 g/mol. The van der Waals surface area contributed by atoms with Gasteiger partial charge in [0.1, 0.15) is 0 Å². The molecule has 1 aliphatic carbocycles. The van der Waals surface area contributed by atoms with E-state index in [1.54, 1.807) is 18.2 Å². The molecule has 0 bridgehead atoms. The second kappa shape index (κ2) is 5.17. The molecule has 1 N–H and O–H groups in total. The van der Waals surface area contributed by atoms with Gasteiger partial charge in [-0.25, -0.2) is 0 Å². The third-order valence-corrected chi connectivity index (χ3v) is 3.04. The first-order chi connectivity index (χ1) is 8.54. The van der Waals surface area contributed by atoms with Gasteiger partial charge in [-0.15, -0.1) is 0 Å². The Morgan fingerprint density at radius 1 is 1.22 bits per heavy atom. The molecule has 0 radical (unpaired) electrons. The molecule has 18 heavy (non-hydrogen) atoms. The van der Waals surface area contributed by atoms with Crippen molar-refractivity contribution in [3.8, 4) is 0 Å². The van der Waals surface area contributed by atoms with E-state index in [1.165, 1.54) is 0 Å². The van der Waals surface area contributed by atoms with Gasteiger partial charge in [-0.3, -0.25) is 9.59 Å². The van der Waals surface area contributed by atoms with Crippen LogP contribution in [0.25, 0.3) is 0 Å². The molecule has 1 amide bonds. The van der Waals surface area contributed by atoms with Gasteiger partial charge in [0.25, 0.3) is 5.91 Å². The summed E-state index contributed by atoms with van der Waals surface area (Å²) in [5.41, 5.74) is 2.46. The zero-order valence-corrected chi connectivity index (χ0v) is 10.7. The Morgan fingerprint density at radius 2 is 1.89 bits per heavy atom. The number of hydrogen-bond donors (Lipinski definition) is 1. The van der Waals surface area contributed by atoms with Crippen LogP contribution in [0.3, 0.4) is 0 Å². The summed E-state index contributed by atoms with van der Waals surface area (Å²) in [5, 5.41) is 2.82. The summed E-state index contributed by atoms with van der Waals surface area (Å²) < 4.78 is 0. The van der Waals surface area contributed by atoms with Crippen LogP contribution < -0.4 is 5.32 Å². The summed E-state index contributed by atoms with van der Waals surface area (Å²) in [5.74, 6) is 0.243. The molecule has 0 saturated heterocycles. The molecule has 0 aromatic heterocycles. The van der Waals surface area contributed by atoms with Crippen LogP contribution in [0.4, 0.5) is 0 Å². The first kappa shape index (κ1) is 12.6. The molecule has 0 heterocycles. The van der Waals surface area contributed by atoms with Crippen LogP contribution in [-0.4, -0.2) is 11.7 Å². The van der Waals surface area contributed by atoms with E-state index >= 15 is 0 Å². The molecule has 1 atom stereocenters. The lowest BCUT2D eigenvalue weighted by molar-refractivity contribution is -0.115. The highest BCUT2D eigenvalue weighted by molar-refractivity contribution is 5.97. The topological polar surface area (TPSA) is 46.2 Å². The number of allylic oxidation sites excluding steroid dienone is 2. The Balaban J connectivity index is 2.07. The van der Waals surface area contributed by atoms with Gasteiger partial charge < -0.3 is 5.32 Å². The smallest absolute Gasteiger partial charge is 0.255 e. The van der Waals surface area contributed by atoms with Crippen molar-refractivity contribution >= 4 is 11.7 Å². The number of hydrogen-bond acceptors (Lipinski definition) is 2. The van der Waals surface area contributed by atoms with Crippen molar-refractivity contribution in [2.75, 3.05) is 0 Å². The van der Waals surface area contributed by atoms with E-state index in [-0.39, 0.29) is 11.7 Å². The first-order valence-corrected chi connectivity index (χ1v) is 6.16. The number of ketones is 1. The number of benzene rings is 1. The Kier molecular flexibility index (Phi) is 3.60. The lowest BCUT2D eigenvalue weighted by Gasteiger charge is -2.18. The minimum Gasteiger partial charge on any atom is -0.326 e. The lowest BCUT2D eigenvalue weighted by atomic mass is 9.93. The minimum atomic E-state index is -0.150. The summed E-state index contributed by atoms with van der Waals surface area (Å²) in [4.78, 5) is 23.4. The molecule has 0 fully saturated rings. The number of rotatable bonds is 2. The van der Waals surface area contributed by atoms with E-state index in [4.69, 9.17) is 0 Å². The fourth-order valence-electron chi connectivity index (χ4n) is 2.11. The number of carbonyl (C=O) groups excluding carboxylic acids is 2. The second-order valence-electron chi connectivity index (χ2n) is 4.97. The lowest BCUT2D eigenvalue weighted by Crippen LogP contribution is -2.27. The number of amides is 1. The van der Waals surface area contributed by atoms with Crippen LogP contribution >= 0.6 is 0 Å². The van der Waals surface area contributed by atoms with Gasteiger partial charge in [-0.1, -0.05) is 24.6 Å². The van der Waals surface area contributed by atoms with E-state index in [9.17, 15) is 9.59 Å². The molecule has 1 aromatic rings. The van der Waals surface area contributed by atoms with Crippen LogP contribution in [0, 0.1) is 12.8 Å². The quantitative estimate of drug-likeness (QED) is 0.867. The largest absolute Gasteiger partial charge is 0.326 e. The third-order valence-electron chi connectivity index (χ3n) is 3.04. The van der Waals surface area contributed by atoms with Crippen LogP contribution in [0.1, 0.15) is 35.7 Å². The van der Waals surface area contributed by atoms with Gasteiger partial charge in [-0.05, 0) is 31.4 Å². The minimum absolute atomic E-state index is 0.0907. The zero-order valence-electron chi connectivity index (χ0n) is 10.7. The molecule has 1 unspecified atom stereocenters. The van der Waals surface area contributed by atoms with Gasteiger partial charge in [-0.2, -0.15) is 0 Å². The molecule has 94 valence electrons. The fraction of sp³-hybridized carbons (Fsp3) is 0.333. The molecule has 1 aromatic carbocycles. The highest BCUT2D eigenvalue weighted by Gasteiger charge is 2.18. The van der Waals surface area contributed by atoms with E-state index in [0.717, 1.165) is 17.7 Å². The van der Waals surface area contributed by atoms with E-state index in [1.807, 2.05) is 26.0 Å². The molecule has 0 saturated carbocycles.